The van der Waals surface area contributed by atoms with Gasteiger partial charge < -0.3 is 16.4 Å². The highest BCUT2D eigenvalue weighted by Crippen LogP contribution is 2.15. The van der Waals surface area contributed by atoms with Crippen molar-refractivity contribution in [2.45, 2.75) is 0 Å². The third-order valence-corrected chi connectivity index (χ3v) is 2.82. The van der Waals surface area contributed by atoms with Gasteiger partial charge >= 0.3 is 0 Å². The molecule has 0 unspecified atom stereocenters. The first-order valence-electron chi connectivity index (χ1n) is 6.34. The molecule has 4 N–H and O–H groups in total. The average molecular weight is 305 g/mol. The number of carbonyl (C=O) groups excluding carboxylic acids is 2. The Hall–Kier alpha value is -2.96. The lowest BCUT2D eigenvalue weighted by Crippen LogP contribution is -2.22. The van der Waals surface area contributed by atoms with Crippen LogP contribution in [0.15, 0.2) is 42.5 Å². The second kappa shape index (κ2) is 6.66. The molecule has 0 bridgehead atoms. The molecule has 2 rings (SSSR count). The van der Waals surface area contributed by atoms with Gasteiger partial charge in [-0.15, -0.1) is 0 Å². The fourth-order valence-corrected chi connectivity index (χ4v) is 1.72. The zero-order valence-corrected chi connectivity index (χ0v) is 11.4. The predicted octanol–water partition coefficient (Wildman–Crippen LogP) is 2.11. The molecule has 0 radical (unpaired) electrons. The van der Waals surface area contributed by atoms with Crippen LogP contribution in [0.25, 0.3) is 0 Å². The van der Waals surface area contributed by atoms with Gasteiger partial charge in [-0.25, -0.2) is 8.78 Å². The fourth-order valence-electron chi connectivity index (χ4n) is 1.72. The second-order valence-electron chi connectivity index (χ2n) is 4.47. The van der Waals surface area contributed by atoms with Gasteiger partial charge in [0.1, 0.15) is 11.6 Å². The molecule has 0 aromatic heterocycles. The largest absolute Gasteiger partial charge is 0.376 e. The van der Waals surface area contributed by atoms with Crippen LogP contribution in [0.4, 0.5) is 20.2 Å². The van der Waals surface area contributed by atoms with Crippen molar-refractivity contribution in [3.05, 3.63) is 59.7 Å². The number of carbonyl (C=O) groups is 2. The molecule has 5 nitrogen and oxygen atoms in total. The molecular formula is C15H13F2N3O2. The molecule has 0 atom stereocenters. The number of benzene rings is 2. The van der Waals surface area contributed by atoms with Crippen LogP contribution in [0.3, 0.4) is 0 Å². The first-order valence-corrected chi connectivity index (χ1v) is 6.34. The van der Waals surface area contributed by atoms with Gasteiger partial charge in [0.25, 0.3) is 0 Å². The normalized spacial score (nSPS) is 10.1. The summed E-state index contributed by atoms with van der Waals surface area (Å²) in [7, 11) is 0. The maximum absolute atomic E-state index is 13.4. The Kier molecular flexibility index (Phi) is 4.67. The van der Waals surface area contributed by atoms with Crippen LogP contribution in [0, 0.1) is 11.6 Å². The van der Waals surface area contributed by atoms with Crippen LogP contribution >= 0.6 is 0 Å². The quantitative estimate of drug-likeness (QED) is 0.791. The smallest absolute Gasteiger partial charge is 0.248 e. The van der Waals surface area contributed by atoms with Crippen LogP contribution < -0.4 is 16.4 Å². The number of primary amides is 1. The van der Waals surface area contributed by atoms with Gasteiger partial charge in [0.2, 0.25) is 11.8 Å². The van der Waals surface area contributed by atoms with Gasteiger partial charge in [-0.05, 0) is 36.4 Å². The van der Waals surface area contributed by atoms with Crippen molar-refractivity contribution >= 4 is 23.2 Å². The summed E-state index contributed by atoms with van der Waals surface area (Å²) in [5.74, 6) is -2.46. The van der Waals surface area contributed by atoms with E-state index in [1.807, 2.05) is 0 Å². The topological polar surface area (TPSA) is 84.2 Å². The molecule has 0 aliphatic rings. The highest BCUT2D eigenvalue weighted by molar-refractivity contribution is 5.94. The summed E-state index contributed by atoms with van der Waals surface area (Å²) >= 11 is 0. The molecule has 22 heavy (non-hydrogen) atoms. The summed E-state index contributed by atoms with van der Waals surface area (Å²) in [6.45, 7) is -0.147. The molecule has 0 aliphatic carbocycles. The van der Waals surface area contributed by atoms with Gasteiger partial charge in [-0.3, -0.25) is 9.59 Å². The number of rotatable bonds is 5. The zero-order chi connectivity index (χ0) is 16.1. The van der Waals surface area contributed by atoms with Crippen molar-refractivity contribution in [2.24, 2.45) is 5.73 Å². The summed E-state index contributed by atoms with van der Waals surface area (Å²) in [6.07, 6.45) is 0. The molecule has 7 heteroatoms. The predicted molar refractivity (Wildman–Crippen MR) is 78.4 cm³/mol. The van der Waals surface area contributed by atoms with Crippen LogP contribution in [-0.2, 0) is 4.79 Å². The Bertz CT molecular complexity index is 702. The van der Waals surface area contributed by atoms with Gasteiger partial charge in [0.15, 0.2) is 0 Å². The minimum Gasteiger partial charge on any atom is -0.376 e. The van der Waals surface area contributed by atoms with Crippen LogP contribution in [-0.4, -0.2) is 18.4 Å². The van der Waals surface area contributed by atoms with Crippen molar-refractivity contribution in [1.82, 2.24) is 0 Å². The lowest BCUT2D eigenvalue weighted by Gasteiger charge is -2.09. The van der Waals surface area contributed by atoms with E-state index in [1.54, 1.807) is 12.1 Å². The first-order chi connectivity index (χ1) is 10.5. The van der Waals surface area contributed by atoms with E-state index >= 15 is 0 Å². The van der Waals surface area contributed by atoms with Crippen molar-refractivity contribution in [3.8, 4) is 0 Å². The Labute approximate surface area is 125 Å². The maximum Gasteiger partial charge on any atom is 0.248 e. The molecule has 0 aliphatic heterocycles. The van der Waals surface area contributed by atoms with E-state index in [0.29, 0.717) is 11.3 Å². The van der Waals surface area contributed by atoms with Crippen LogP contribution in [0.2, 0.25) is 0 Å². The lowest BCUT2D eigenvalue weighted by molar-refractivity contribution is -0.114. The Morgan fingerprint density at radius 3 is 2.36 bits per heavy atom. The van der Waals surface area contributed by atoms with E-state index in [4.69, 9.17) is 5.73 Å². The molecule has 0 saturated heterocycles. The van der Waals surface area contributed by atoms with E-state index in [9.17, 15) is 18.4 Å². The Morgan fingerprint density at radius 2 is 1.73 bits per heavy atom. The number of amides is 2. The van der Waals surface area contributed by atoms with E-state index in [2.05, 4.69) is 10.6 Å². The van der Waals surface area contributed by atoms with Gasteiger partial charge in [0, 0.05) is 17.3 Å². The minimum absolute atomic E-state index is 0.147. The third kappa shape index (κ3) is 4.02. The molecule has 2 aromatic rings. The second-order valence-corrected chi connectivity index (χ2v) is 4.47. The SMILES string of the molecule is NC(=O)c1ccc(NCC(=O)Nc2cc(F)ccc2F)cc1. The van der Waals surface area contributed by atoms with E-state index in [-0.39, 0.29) is 12.2 Å². The summed E-state index contributed by atoms with van der Waals surface area (Å²) in [5.41, 5.74) is 5.81. The summed E-state index contributed by atoms with van der Waals surface area (Å²) < 4.78 is 26.3. The molecule has 2 aromatic carbocycles. The van der Waals surface area contributed by atoms with Crippen molar-refractivity contribution < 1.29 is 18.4 Å². The number of hydrogen-bond donors (Lipinski definition) is 3. The number of hydrogen-bond acceptors (Lipinski definition) is 3. The van der Waals surface area contributed by atoms with Crippen molar-refractivity contribution in [2.75, 3.05) is 17.2 Å². The van der Waals surface area contributed by atoms with E-state index < -0.39 is 23.4 Å². The number of halogens is 2. The third-order valence-electron chi connectivity index (χ3n) is 2.82. The van der Waals surface area contributed by atoms with Crippen molar-refractivity contribution in [1.29, 1.82) is 0 Å². The lowest BCUT2D eigenvalue weighted by atomic mass is 10.2. The summed E-state index contributed by atoms with van der Waals surface area (Å²) in [4.78, 5) is 22.6. The standard InChI is InChI=1S/C15H13F2N3O2/c16-10-3-6-12(17)13(7-10)20-14(21)8-19-11-4-1-9(2-5-11)15(18)22/h1-7,19H,8H2,(H2,18,22)(H,20,21). The highest BCUT2D eigenvalue weighted by Gasteiger charge is 2.08. The van der Waals surface area contributed by atoms with Gasteiger partial charge in [-0.1, -0.05) is 0 Å². The molecule has 114 valence electrons. The minimum atomic E-state index is -0.722. The molecule has 0 fully saturated rings. The monoisotopic (exact) mass is 305 g/mol. The molecule has 0 saturated carbocycles. The maximum atomic E-state index is 13.4. The van der Waals surface area contributed by atoms with Gasteiger partial charge in [0.05, 0.1) is 12.2 Å². The van der Waals surface area contributed by atoms with E-state index in [1.165, 1.54) is 12.1 Å². The Balaban J connectivity index is 1.92. The molecule has 0 heterocycles. The molecule has 2 amide bonds. The molecule has 0 spiro atoms. The number of nitrogens with one attached hydrogen (secondary N) is 2. The average Bonchev–Trinajstić information content (AvgIpc) is 2.49. The van der Waals surface area contributed by atoms with E-state index in [0.717, 1.165) is 18.2 Å². The zero-order valence-electron chi connectivity index (χ0n) is 11.4. The Morgan fingerprint density at radius 1 is 1.05 bits per heavy atom. The fraction of sp³-hybridized carbons (Fsp3) is 0.0667. The van der Waals surface area contributed by atoms with Gasteiger partial charge in [-0.2, -0.15) is 0 Å². The highest BCUT2D eigenvalue weighted by atomic mass is 19.1. The summed E-state index contributed by atoms with van der Waals surface area (Å²) in [6, 6.07) is 8.97. The number of anilines is 2. The van der Waals surface area contributed by atoms with Crippen LogP contribution in [0.5, 0.6) is 0 Å². The van der Waals surface area contributed by atoms with Crippen LogP contribution in [0.1, 0.15) is 10.4 Å². The van der Waals surface area contributed by atoms with Crippen molar-refractivity contribution in [3.63, 3.8) is 0 Å². The number of nitrogens with two attached hydrogens (primary N) is 1. The summed E-state index contributed by atoms with van der Waals surface area (Å²) in [5, 5.41) is 5.04. The molecular weight excluding hydrogens is 292 g/mol. The first kappa shape index (κ1) is 15.4.